The van der Waals surface area contributed by atoms with Crippen LogP contribution in [0.5, 0.6) is 5.75 Å². The van der Waals surface area contributed by atoms with Gasteiger partial charge < -0.3 is 13.8 Å². The molecular formula is C12H15NO5S. The van der Waals surface area contributed by atoms with Crippen LogP contribution in [-0.2, 0) is 19.6 Å². The van der Waals surface area contributed by atoms with Crippen LogP contribution >= 0.6 is 0 Å². The van der Waals surface area contributed by atoms with Crippen LogP contribution in [0.25, 0.3) is 0 Å². The lowest BCUT2D eigenvalue weighted by Crippen LogP contribution is -2.40. The van der Waals surface area contributed by atoms with Gasteiger partial charge in [-0.1, -0.05) is 12.1 Å². The molecule has 0 spiro atoms. The monoisotopic (exact) mass is 285 g/mol. The number of hydrogen-bond acceptors (Lipinski definition) is 5. The summed E-state index contributed by atoms with van der Waals surface area (Å²) in [5.41, 5.74) is 0.875. The van der Waals surface area contributed by atoms with Gasteiger partial charge in [0.05, 0.1) is 12.8 Å². The summed E-state index contributed by atoms with van der Waals surface area (Å²) in [5.74, 6) is 0.208. The second-order valence-corrected chi connectivity index (χ2v) is 6.01. The summed E-state index contributed by atoms with van der Waals surface area (Å²) in [6, 6.07) is 6.59. The van der Waals surface area contributed by atoms with E-state index in [9.17, 15) is 13.2 Å². The Bertz CT molecular complexity index is 566. The minimum absolute atomic E-state index is 0.0479. The highest BCUT2D eigenvalue weighted by atomic mass is 32.2. The van der Waals surface area contributed by atoms with Crippen LogP contribution < -0.4 is 4.18 Å². The van der Waals surface area contributed by atoms with Crippen molar-refractivity contribution in [3.8, 4) is 5.75 Å². The van der Waals surface area contributed by atoms with Crippen LogP contribution in [0.2, 0.25) is 0 Å². The van der Waals surface area contributed by atoms with E-state index in [4.69, 9.17) is 8.92 Å². The Morgan fingerprint density at radius 3 is 2.47 bits per heavy atom. The van der Waals surface area contributed by atoms with Crippen LogP contribution in [0.4, 0.5) is 0 Å². The average Bonchev–Trinajstić information content (AvgIpc) is 2.32. The lowest BCUT2D eigenvalue weighted by atomic mass is 10.1. The second kappa shape index (κ2) is 5.18. The van der Waals surface area contributed by atoms with Gasteiger partial charge in [-0.2, -0.15) is 8.42 Å². The maximum absolute atomic E-state index is 11.3. The van der Waals surface area contributed by atoms with Gasteiger partial charge in [0, 0.05) is 7.05 Å². The van der Waals surface area contributed by atoms with Gasteiger partial charge in [-0.15, -0.1) is 0 Å². The third-order valence-electron chi connectivity index (χ3n) is 2.77. The van der Waals surface area contributed by atoms with Crippen LogP contribution in [0, 0.1) is 0 Å². The molecule has 2 rings (SSSR count). The highest BCUT2D eigenvalue weighted by Crippen LogP contribution is 2.24. The standard InChI is InChI=1S/C12H15NO5S/c1-13-7-11(17-8-12(13)14)9-3-5-10(6-4-9)18-19(2,15)16/h3-6,11H,7-8H2,1-2H3/t11-/m1/s1. The number of rotatable bonds is 3. The highest BCUT2D eigenvalue weighted by molar-refractivity contribution is 7.86. The van der Waals surface area contributed by atoms with E-state index in [-0.39, 0.29) is 24.4 Å². The first-order chi connectivity index (χ1) is 8.85. The summed E-state index contributed by atoms with van der Waals surface area (Å²) >= 11 is 0. The molecule has 1 aliphatic heterocycles. The third-order valence-corrected chi connectivity index (χ3v) is 3.27. The van der Waals surface area contributed by atoms with Gasteiger partial charge in [-0.3, -0.25) is 4.79 Å². The second-order valence-electron chi connectivity index (χ2n) is 4.43. The number of carbonyl (C=O) groups is 1. The maximum Gasteiger partial charge on any atom is 0.306 e. The Morgan fingerprint density at radius 2 is 1.95 bits per heavy atom. The fraction of sp³-hybridized carbons (Fsp3) is 0.417. The molecule has 0 aliphatic carbocycles. The number of benzene rings is 1. The molecule has 1 atom stereocenters. The Morgan fingerprint density at radius 1 is 1.32 bits per heavy atom. The van der Waals surface area contributed by atoms with E-state index in [1.54, 1.807) is 36.2 Å². The van der Waals surface area contributed by atoms with E-state index in [2.05, 4.69) is 0 Å². The lowest BCUT2D eigenvalue weighted by molar-refractivity contribution is -0.147. The number of ether oxygens (including phenoxy) is 1. The van der Waals surface area contributed by atoms with E-state index in [0.29, 0.717) is 6.54 Å². The van der Waals surface area contributed by atoms with Gasteiger partial charge in [0.2, 0.25) is 5.91 Å². The number of carbonyl (C=O) groups excluding carboxylic acids is 1. The van der Waals surface area contributed by atoms with E-state index < -0.39 is 10.1 Å². The Labute approximate surface area is 112 Å². The van der Waals surface area contributed by atoms with E-state index in [0.717, 1.165) is 11.8 Å². The average molecular weight is 285 g/mol. The molecule has 1 heterocycles. The van der Waals surface area contributed by atoms with Crippen molar-refractivity contribution in [2.24, 2.45) is 0 Å². The third kappa shape index (κ3) is 3.68. The molecule has 1 amide bonds. The molecule has 0 N–H and O–H groups in total. The maximum atomic E-state index is 11.3. The molecular weight excluding hydrogens is 270 g/mol. The van der Waals surface area contributed by atoms with Gasteiger partial charge in [0.15, 0.2) is 0 Å². The van der Waals surface area contributed by atoms with Crippen LogP contribution in [-0.4, -0.2) is 45.7 Å². The number of amides is 1. The topological polar surface area (TPSA) is 72.9 Å². The van der Waals surface area contributed by atoms with Crippen molar-refractivity contribution in [2.75, 3.05) is 26.5 Å². The Kier molecular flexibility index (Phi) is 3.77. The van der Waals surface area contributed by atoms with Crippen molar-refractivity contribution in [2.45, 2.75) is 6.10 Å². The number of morpholine rings is 1. The first kappa shape index (κ1) is 13.8. The normalized spacial score (nSPS) is 20.4. The minimum atomic E-state index is -3.52. The highest BCUT2D eigenvalue weighted by Gasteiger charge is 2.24. The first-order valence-electron chi connectivity index (χ1n) is 5.70. The lowest BCUT2D eigenvalue weighted by Gasteiger charge is -2.30. The predicted octanol–water partition coefficient (Wildman–Crippen LogP) is 0.555. The molecule has 1 aromatic carbocycles. The molecule has 6 nitrogen and oxygen atoms in total. The van der Waals surface area contributed by atoms with Crippen molar-refractivity contribution in [3.05, 3.63) is 29.8 Å². The summed E-state index contributed by atoms with van der Waals surface area (Å²) in [6.45, 7) is 0.536. The van der Waals surface area contributed by atoms with Gasteiger partial charge in [-0.05, 0) is 17.7 Å². The Balaban J connectivity index is 2.08. The fourth-order valence-electron chi connectivity index (χ4n) is 1.80. The zero-order valence-electron chi connectivity index (χ0n) is 10.7. The van der Waals surface area contributed by atoms with Gasteiger partial charge in [-0.25, -0.2) is 0 Å². The van der Waals surface area contributed by atoms with Crippen LogP contribution in [0.1, 0.15) is 11.7 Å². The number of hydrogen-bond donors (Lipinski definition) is 0. The van der Waals surface area contributed by atoms with E-state index in [1.807, 2.05) is 0 Å². The molecule has 1 aliphatic rings. The molecule has 0 radical (unpaired) electrons. The smallest absolute Gasteiger partial charge is 0.306 e. The summed E-state index contributed by atoms with van der Waals surface area (Å²) in [4.78, 5) is 12.9. The zero-order chi connectivity index (χ0) is 14.0. The first-order valence-corrected chi connectivity index (χ1v) is 7.52. The number of likely N-dealkylation sites (N-methyl/N-ethyl adjacent to an activating group) is 1. The van der Waals surface area contributed by atoms with E-state index >= 15 is 0 Å². The largest absolute Gasteiger partial charge is 0.383 e. The van der Waals surface area contributed by atoms with Crippen molar-refractivity contribution in [1.82, 2.24) is 4.90 Å². The summed E-state index contributed by atoms with van der Waals surface area (Å²) in [7, 11) is -1.79. The molecule has 0 bridgehead atoms. The molecule has 104 valence electrons. The van der Waals surface area contributed by atoms with Crippen molar-refractivity contribution in [3.63, 3.8) is 0 Å². The SMILES string of the molecule is CN1C[C@H](c2ccc(OS(C)(=O)=O)cc2)OCC1=O. The van der Waals surface area contributed by atoms with Gasteiger partial charge >= 0.3 is 10.1 Å². The van der Waals surface area contributed by atoms with Crippen molar-refractivity contribution in [1.29, 1.82) is 0 Å². The predicted molar refractivity (Wildman–Crippen MR) is 68.2 cm³/mol. The molecule has 0 unspecified atom stereocenters. The van der Waals surface area contributed by atoms with E-state index in [1.165, 1.54) is 0 Å². The molecule has 7 heteroatoms. The zero-order valence-corrected chi connectivity index (χ0v) is 11.5. The van der Waals surface area contributed by atoms with Gasteiger partial charge in [0.25, 0.3) is 0 Å². The molecule has 1 aromatic rings. The van der Waals surface area contributed by atoms with Crippen molar-refractivity contribution >= 4 is 16.0 Å². The number of nitrogens with zero attached hydrogens (tertiary/aromatic N) is 1. The summed E-state index contributed by atoms with van der Waals surface area (Å²) < 4.78 is 32.1. The quantitative estimate of drug-likeness (QED) is 0.759. The molecule has 1 saturated heterocycles. The summed E-state index contributed by atoms with van der Waals surface area (Å²) in [5, 5.41) is 0. The van der Waals surface area contributed by atoms with Gasteiger partial charge in [0.1, 0.15) is 18.5 Å². The van der Waals surface area contributed by atoms with Crippen LogP contribution in [0.3, 0.4) is 0 Å². The molecule has 0 aromatic heterocycles. The van der Waals surface area contributed by atoms with Crippen LogP contribution in [0.15, 0.2) is 24.3 Å². The molecule has 1 fully saturated rings. The van der Waals surface area contributed by atoms with Crippen molar-refractivity contribution < 1.29 is 22.1 Å². The summed E-state index contributed by atoms with van der Waals surface area (Å²) in [6.07, 6.45) is 0.793. The Hall–Kier alpha value is -1.60. The minimum Gasteiger partial charge on any atom is -0.383 e. The fourth-order valence-corrected chi connectivity index (χ4v) is 2.26. The molecule has 0 saturated carbocycles. The molecule has 19 heavy (non-hydrogen) atoms.